The summed E-state index contributed by atoms with van der Waals surface area (Å²) >= 11 is 0. The van der Waals surface area contributed by atoms with Crippen molar-refractivity contribution < 1.29 is 9.59 Å². The summed E-state index contributed by atoms with van der Waals surface area (Å²) in [6.07, 6.45) is 1.53. The topological polar surface area (TPSA) is 34.1 Å². The van der Waals surface area contributed by atoms with Gasteiger partial charge in [0.1, 0.15) is 0 Å². The standard InChI is InChI=1S/C27H18O2/c28-25-17-24(26(18-9-3-1-4-10-18)19-11-5-2-6-12-19)27(29)23-16-21-14-8-7-13-20(21)15-22(23)25/h1-17,26H. The summed E-state index contributed by atoms with van der Waals surface area (Å²) in [4.78, 5) is 26.6. The van der Waals surface area contributed by atoms with Gasteiger partial charge in [-0.25, -0.2) is 0 Å². The lowest BCUT2D eigenvalue weighted by molar-refractivity contribution is 0.0981. The molecule has 0 N–H and O–H groups in total. The molecule has 2 nitrogen and oxygen atoms in total. The maximum absolute atomic E-state index is 13.6. The van der Waals surface area contributed by atoms with Crippen molar-refractivity contribution in [3.63, 3.8) is 0 Å². The minimum atomic E-state index is -0.284. The van der Waals surface area contributed by atoms with Gasteiger partial charge in [0.2, 0.25) is 0 Å². The summed E-state index contributed by atoms with van der Waals surface area (Å²) in [6, 6.07) is 31.3. The maximum Gasteiger partial charge on any atom is 0.190 e. The first kappa shape index (κ1) is 17.3. The van der Waals surface area contributed by atoms with Crippen molar-refractivity contribution in [2.24, 2.45) is 0 Å². The molecular formula is C27H18O2. The Balaban J connectivity index is 1.70. The van der Waals surface area contributed by atoms with Gasteiger partial charge in [-0.2, -0.15) is 0 Å². The van der Waals surface area contributed by atoms with Crippen LogP contribution in [0.2, 0.25) is 0 Å². The highest BCUT2D eigenvalue weighted by Crippen LogP contribution is 2.37. The Morgan fingerprint density at radius 2 is 1.03 bits per heavy atom. The molecule has 0 atom stereocenters. The van der Waals surface area contributed by atoms with Crippen molar-refractivity contribution in [3.8, 4) is 0 Å². The smallest absolute Gasteiger partial charge is 0.190 e. The van der Waals surface area contributed by atoms with Gasteiger partial charge >= 0.3 is 0 Å². The van der Waals surface area contributed by atoms with Crippen LogP contribution < -0.4 is 0 Å². The number of Topliss-reactive ketones (excluding diaryl/α,β-unsaturated/α-hetero) is 1. The lowest BCUT2D eigenvalue weighted by Crippen LogP contribution is -2.22. The van der Waals surface area contributed by atoms with Gasteiger partial charge < -0.3 is 0 Å². The van der Waals surface area contributed by atoms with E-state index in [1.54, 1.807) is 0 Å². The predicted octanol–water partition coefficient (Wildman–Crippen LogP) is 5.98. The average molecular weight is 374 g/mol. The molecule has 0 spiro atoms. The van der Waals surface area contributed by atoms with Crippen molar-refractivity contribution in [1.29, 1.82) is 0 Å². The molecule has 2 heteroatoms. The highest BCUT2D eigenvalue weighted by Gasteiger charge is 2.32. The second kappa shape index (κ2) is 6.99. The molecule has 5 rings (SSSR count). The zero-order valence-corrected chi connectivity index (χ0v) is 15.7. The molecule has 4 aromatic rings. The second-order valence-corrected chi connectivity index (χ2v) is 7.29. The average Bonchev–Trinajstić information content (AvgIpc) is 2.78. The molecule has 0 saturated heterocycles. The first-order valence-electron chi connectivity index (χ1n) is 9.66. The zero-order valence-electron chi connectivity index (χ0n) is 15.7. The fraction of sp³-hybridized carbons (Fsp3) is 0.0370. The van der Waals surface area contributed by atoms with Gasteiger partial charge in [0.15, 0.2) is 11.6 Å². The van der Waals surface area contributed by atoms with Gasteiger partial charge in [0, 0.05) is 22.6 Å². The van der Waals surface area contributed by atoms with Crippen LogP contribution in [0.15, 0.2) is 109 Å². The number of allylic oxidation sites excluding steroid dienone is 2. The van der Waals surface area contributed by atoms with E-state index in [0.717, 1.165) is 21.9 Å². The number of hydrogen-bond acceptors (Lipinski definition) is 2. The summed E-state index contributed by atoms with van der Waals surface area (Å²) in [5.41, 5.74) is 3.49. The van der Waals surface area contributed by atoms with Crippen molar-refractivity contribution >= 4 is 22.3 Å². The van der Waals surface area contributed by atoms with Crippen LogP contribution in [-0.4, -0.2) is 11.6 Å². The highest BCUT2D eigenvalue weighted by atomic mass is 16.1. The summed E-state index contributed by atoms with van der Waals surface area (Å²) in [7, 11) is 0. The lowest BCUT2D eigenvalue weighted by atomic mass is 9.77. The molecule has 0 bridgehead atoms. The largest absolute Gasteiger partial charge is 0.289 e. The van der Waals surface area contributed by atoms with Crippen molar-refractivity contribution in [2.45, 2.75) is 5.92 Å². The quantitative estimate of drug-likeness (QED) is 0.442. The van der Waals surface area contributed by atoms with Crippen LogP contribution in [0, 0.1) is 0 Å². The minimum absolute atomic E-state index is 0.0805. The molecule has 0 fully saturated rings. The third-order valence-corrected chi connectivity index (χ3v) is 5.52. The van der Waals surface area contributed by atoms with Crippen LogP contribution >= 0.6 is 0 Å². The Bertz CT molecular complexity index is 1230. The molecule has 1 aliphatic carbocycles. The fourth-order valence-electron chi connectivity index (χ4n) is 4.13. The van der Waals surface area contributed by atoms with E-state index < -0.39 is 0 Å². The molecule has 0 unspecified atom stereocenters. The number of hydrogen-bond donors (Lipinski definition) is 0. The number of fused-ring (bicyclic) bond motifs is 2. The van der Waals surface area contributed by atoms with Crippen LogP contribution in [0.5, 0.6) is 0 Å². The van der Waals surface area contributed by atoms with Gasteiger partial charge in [-0.05, 0) is 40.1 Å². The van der Waals surface area contributed by atoms with E-state index in [4.69, 9.17) is 0 Å². The second-order valence-electron chi connectivity index (χ2n) is 7.29. The Morgan fingerprint density at radius 3 is 1.59 bits per heavy atom. The Labute approximate surface area is 169 Å². The van der Waals surface area contributed by atoms with Gasteiger partial charge in [-0.1, -0.05) is 84.9 Å². The maximum atomic E-state index is 13.6. The molecule has 0 aliphatic heterocycles. The van der Waals surface area contributed by atoms with E-state index in [-0.39, 0.29) is 17.5 Å². The van der Waals surface area contributed by atoms with E-state index >= 15 is 0 Å². The minimum Gasteiger partial charge on any atom is -0.289 e. The summed E-state index contributed by atoms with van der Waals surface area (Å²) < 4.78 is 0. The first-order valence-corrected chi connectivity index (χ1v) is 9.66. The molecule has 0 amide bonds. The van der Waals surface area contributed by atoms with E-state index in [1.165, 1.54) is 6.08 Å². The highest BCUT2D eigenvalue weighted by molar-refractivity contribution is 6.26. The van der Waals surface area contributed by atoms with Crippen molar-refractivity contribution in [3.05, 3.63) is 131 Å². The molecule has 0 heterocycles. The van der Waals surface area contributed by atoms with Crippen molar-refractivity contribution in [1.82, 2.24) is 0 Å². The molecule has 0 radical (unpaired) electrons. The molecule has 0 aromatic heterocycles. The third kappa shape index (κ3) is 2.99. The predicted molar refractivity (Wildman–Crippen MR) is 115 cm³/mol. The summed E-state index contributed by atoms with van der Waals surface area (Å²) in [5.74, 6) is -0.478. The Hall–Kier alpha value is -3.78. The van der Waals surface area contributed by atoms with Crippen LogP contribution in [0.1, 0.15) is 37.8 Å². The Morgan fingerprint density at radius 1 is 0.552 bits per heavy atom. The number of ketones is 2. The van der Waals surface area contributed by atoms with E-state index in [9.17, 15) is 9.59 Å². The van der Waals surface area contributed by atoms with E-state index in [0.29, 0.717) is 16.7 Å². The number of carbonyl (C=O) groups excluding carboxylic acids is 2. The van der Waals surface area contributed by atoms with Crippen molar-refractivity contribution in [2.75, 3.05) is 0 Å². The molecule has 0 saturated carbocycles. The zero-order chi connectivity index (χ0) is 19.8. The molecule has 138 valence electrons. The normalized spacial score (nSPS) is 13.5. The number of rotatable bonds is 3. The van der Waals surface area contributed by atoms with Gasteiger partial charge in [-0.3, -0.25) is 9.59 Å². The fourth-order valence-corrected chi connectivity index (χ4v) is 4.13. The molecular weight excluding hydrogens is 356 g/mol. The molecule has 29 heavy (non-hydrogen) atoms. The molecule has 1 aliphatic rings. The Kier molecular flexibility index (Phi) is 4.18. The van der Waals surface area contributed by atoms with Gasteiger partial charge in [-0.15, -0.1) is 0 Å². The monoisotopic (exact) mass is 374 g/mol. The number of benzene rings is 4. The SMILES string of the molecule is O=C1C=C(C(c2ccccc2)c2ccccc2)C(=O)c2cc3ccccc3cc21. The van der Waals surface area contributed by atoms with E-state index in [1.807, 2.05) is 97.1 Å². The van der Waals surface area contributed by atoms with Crippen LogP contribution in [0.3, 0.4) is 0 Å². The van der Waals surface area contributed by atoms with Crippen LogP contribution in [-0.2, 0) is 0 Å². The van der Waals surface area contributed by atoms with Crippen LogP contribution in [0.25, 0.3) is 10.8 Å². The first-order chi connectivity index (χ1) is 14.2. The van der Waals surface area contributed by atoms with Gasteiger partial charge in [0.05, 0.1) is 0 Å². The van der Waals surface area contributed by atoms with Crippen LogP contribution in [0.4, 0.5) is 0 Å². The third-order valence-electron chi connectivity index (χ3n) is 5.52. The summed E-state index contributed by atoms with van der Waals surface area (Å²) in [6.45, 7) is 0. The lowest BCUT2D eigenvalue weighted by Gasteiger charge is -2.24. The molecule has 4 aromatic carbocycles. The summed E-state index contributed by atoms with van der Waals surface area (Å²) in [5, 5.41) is 1.93. The van der Waals surface area contributed by atoms with E-state index in [2.05, 4.69) is 0 Å². The van der Waals surface area contributed by atoms with Gasteiger partial charge in [0.25, 0.3) is 0 Å². The number of carbonyl (C=O) groups is 2.